The third-order valence-electron chi connectivity index (χ3n) is 4.00. The van der Waals surface area contributed by atoms with Gasteiger partial charge in [0.1, 0.15) is 11.0 Å². The van der Waals surface area contributed by atoms with Crippen LogP contribution in [-0.2, 0) is 4.79 Å². The minimum absolute atomic E-state index is 0.124. The average Bonchev–Trinajstić information content (AvgIpc) is 3.32. The third kappa shape index (κ3) is 4.05. The zero-order chi connectivity index (χ0) is 18.0. The molecule has 1 aliphatic rings. The lowest BCUT2D eigenvalue weighted by molar-refractivity contribution is -0.118. The summed E-state index contributed by atoms with van der Waals surface area (Å²) in [5, 5.41) is 6.98. The van der Waals surface area contributed by atoms with Gasteiger partial charge in [-0.15, -0.1) is 0 Å². The third-order valence-corrected chi connectivity index (χ3v) is 4.71. The summed E-state index contributed by atoms with van der Waals surface area (Å²) in [5.74, 6) is -0.537. The standard InChI is InChI=1S/C16H20N6O2S/c1-2-10(15(17)23)20-9-5-12(14(16(18)24)19-7-9)21-13-6-11(22-25-13)8-3-4-8/h5-8,10,20-21H,2-4H2,1H3,(H2,17,23)(H2,18,24)/t10-/m1/s1. The van der Waals surface area contributed by atoms with Gasteiger partial charge in [-0.25, -0.2) is 4.98 Å². The summed E-state index contributed by atoms with van der Waals surface area (Å²) in [7, 11) is 0. The van der Waals surface area contributed by atoms with Crippen molar-refractivity contribution in [1.29, 1.82) is 0 Å². The summed E-state index contributed by atoms with van der Waals surface area (Å²) >= 11 is 1.33. The van der Waals surface area contributed by atoms with E-state index in [0.717, 1.165) is 10.7 Å². The quantitative estimate of drug-likeness (QED) is 0.568. The summed E-state index contributed by atoms with van der Waals surface area (Å²) in [6, 6.07) is 3.15. The first-order valence-corrected chi connectivity index (χ1v) is 8.84. The Morgan fingerprint density at radius 2 is 2.12 bits per heavy atom. The van der Waals surface area contributed by atoms with Crippen LogP contribution >= 0.6 is 11.5 Å². The van der Waals surface area contributed by atoms with E-state index in [0.29, 0.717) is 23.7 Å². The topological polar surface area (TPSA) is 136 Å². The van der Waals surface area contributed by atoms with Crippen LogP contribution in [0.4, 0.5) is 16.4 Å². The van der Waals surface area contributed by atoms with Crippen molar-refractivity contribution in [2.24, 2.45) is 11.5 Å². The monoisotopic (exact) mass is 360 g/mol. The summed E-state index contributed by atoms with van der Waals surface area (Å²) in [5.41, 5.74) is 13.0. The van der Waals surface area contributed by atoms with E-state index in [1.807, 2.05) is 13.0 Å². The first kappa shape index (κ1) is 17.2. The van der Waals surface area contributed by atoms with Gasteiger partial charge >= 0.3 is 0 Å². The highest BCUT2D eigenvalue weighted by Crippen LogP contribution is 2.41. The molecule has 2 heterocycles. The lowest BCUT2D eigenvalue weighted by atomic mass is 10.2. The normalized spacial score (nSPS) is 14.8. The van der Waals surface area contributed by atoms with Crippen molar-refractivity contribution in [3.63, 3.8) is 0 Å². The Hall–Kier alpha value is -2.68. The van der Waals surface area contributed by atoms with Gasteiger partial charge in [0.25, 0.3) is 5.91 Å². The molecule has 2 amide bonds. The number of anilines is 3. The van der Waals surface area contributed by atoms with E-state index >= 15 is 0 Å². The van der Waals surface area contributed by atoms with Gasteiger partial charge in [-0.1, -0.05) is 6.92 Å². The molecule has 9 heteroatoms. The Morgan fingerprint density at radius 3 is 2.72 bits per heavy atom. The number of aromatic nitrogens is 2. The van der Waals surface area contributed by atoms with Gasteiger partial charge in [-0.05, 0) is 42.9 Å². The fraction of sp³-hybridized carbons (Fsp3) is 0.375. The van der Waals surface area contributed by atoms with Crippen LogP contribution in [0.3, 0.4) is 0 Å². The first-order valence-electron chi connectivity index (χ1n) is 8.07. The van der Waals surface area contributed by atoms with Crippen LogP contribution < -0.4 is 22.1 Å². The molecule has 3 rings (SSSR count). The van der Waals surface area contributed by atoms with Gasteiger partial charge in [0.05, 0.1) is 23.3 Å². The molecule has 1 aliphatic carbocycles. The number of carbonyl (C=O) groups is 2. The van der Waals surface area contributed by atoms with Gasteiger partial charge in [0.15, 0.2) is 5.69 Å². The SMILES string of the molecule is CC[C@@H](Nc1cnc(C(N)=O)c(Nc2cc(C3CC3)ns2)c1)C(N)=O. The summed E-state index contributed by atoms with van der Waals surface area (Å²) < 4.78 is 4.42. The molecule has 0 aliphatic heterocycles. The van der Waals surface area contributed by atoms with Crippen LogP contribution in [0.1, 0.15) is 48.3 Å². The van der Waals surface area contributed by atoms with Crippen LogP contribution in [0, 0.1) is 0 Å². The molecule has 132 valence electrons. The molecule has 6 N–H and O–H groups in total. The molecule has 8 nitrogen and oxygen atoms in total. The molecule has 0 radical (unpaired) electrons. The Labute approximate surface area is 149 Å². The molecule has 0 aromatic carbocycles. The van der Waals surface area contributed by atoms with E-state index in [-0.39, 0.29) is 5.69 Å². The molecule has 1 saturated carbocycles. The van der Waals surface area contributed by atoms with Crippen molar-refractivity contribution in [2.45, 2.75) is 38.1 Å². The summed E-state index contributed by atoms with van der Waals surface area (Å²) in [6.07, 6.45) is 4.33. The number of hydrogen-bond acceptors (Lipinski definition) is 7. The Morgan fingerprint density at radius 1 is 1.36 bits per heavy atom. The number of hydrogen-bond donors (Lipinski definition) is 4. The summed E-state index contributed by atoms with van der Waals surface area (Å²) in [4.78, 5) is 27.2. The van der Waals surface area contributed by atoms with E-state index < -0.39 is 17.9 Å². The molecule has 1 fully saturated rings. The molecule has 0 saturated heterocycles. The van der Waals surface area contributed by atoms with Crippen LogP contribution in [0.5, 0.6) is 0 Å². The molecular formula is C16H20N6O2S. The van der Waals surface area contributed by atoms with Crippen LogP contribution in [0.15, 0.2) is 18.3 Å². The molecule has 0 unspecified atom stereocenters. The molecule has 0 spiro atoms. The van der Waals surface area contributed by atoms with Crippen LogP contribution in [0.25, 0.3) is 0 Å². The number of amides is 2. The molecule has 0 bridgehead atoms. The molecule has 2 aromatic rings. The average molecular weight is 360 g/mol. The second kappa shape index (κ2) is 7.06. The number of nitrogens with two attached hydrogens (primary N) is 2. The highest BCUT2D eigenvalue weighted by molar-refractivity contribution is 7.10. The van der Waals surface area contributed by atoms with Crippen molar-refractivity contribution in [1.82, 2.24) is 9.36 Å². The lowest BCUT2D eigenvalue weighted by Crippen LogP contribution is -2.34. The maximum atomic E-state index is 11.6. The zero-order valence-corrected chi connectivity index (χ0v) is 14.6. The highest BCUT2D eigenvalue weighted by Gasteiger charge is 2.26. The van der Waals surface area contributed by atoms with Crippen molar-refractivity contribution >= 4 is 39.7 Å². The molecular weight excluding hydrogens is 340 g/mol. The van der Waals surface area contributed by atoms with Crippen LogP contribution in [0.2, 0.25) is 0 Å². The van der Waals surface area contributed by atoms with Crippen LogP contribution in [-0.4, -0.2) is 27.2 Å². The zero-order valence-electron chi connectivity index (χ0n) is 13.8. The van der Waals surface area contributed by atoms with E-state index in [4.69, 9.17) is 11.5 Å². The van der Waals surface area contributed by atoms with E-state index in [2.05, 4.69) is 20.0 Å². The van der Waals surface area contributed by atoms with E-state index in [9.17, 15) is 9.59 Å². The predicted octanol–water partition coefficient (Wildman–Crippen LogP) is 1.93. The number of nitrogens with zero attached hydrogens (tertiary/aromatic N) is 2. The number of rotatable bonds is 8. The van der Waals surface area contributed by atoms with Crippen molar-refractivity contribution in [3.8, 4) is 0 Å². The fourth-order valence-corrected chi connectivity index (χ4v) is 3.20. The fourth-order valence-electron chi connectivity index (χ4n) is 2.46. The molecule has 25 heavy (non-hydrogen) atoms. The Balaban J connectivity index is 1.84. The second-order valence-electron chi connectivity index (χ2n) is 6.01. The maximum absolute atomic E-state index is 11.6. The highest BCUT2D eigenvalue weighted by atomic mass is 32.1. The van der Waals surface area contributed by atoms with E-state index in [1.54, 1.807) is 6.07 Å². The second-order valence-corrected chi connectivity index (χ2v) is 6.81. The largest absolute Gasteiger partial charge is 0.372 e. The number of nitrogens with one attached hydrogen (secondary N) is 2. The molecule has 2 aromatic heterocycles. The van der Waals surface area contributed by atoms with Gasteiger partial charge in [0, 0.05) is 5.92 Å². The van der Waals surface area contributed by atoms with Gasteiger partial charge in [-0.2, -0.15) is 4.37 Å². The minimum Gasteiger partial charge on any atom is -0.372 e. The predicted molar refractivity (Wildman–Crippen MR) is 97.0 cm³/mol. The smallest absolute Gasteiger partial charge is 0.269 e. The number of carbonyl (C=O) groups excluding carboxylic acids is 2. The lowest BCUT2D eigenvalue weighted by Gasteiger charge is -2.16. The summed E-state index contributed by atoms with van der Waals surface area (Å²) in [6.45, 7) is 1.85. The van der Waals surface area contributed by atoms with Gasteiger partial charge in [-0.3, -0.25) is 9.59 Å². The Bertz CT molecular complexity index is 802. The van der Waals surface area contributed by atoms with E-state index in [1.165, 1.54) is 30.6 Å². The van der Waals surface area contributed by atoms with Crippen molar-refractivity contribution in [2.75, 3.05) is 10.6 Å². The first-order chi connectivity index (χ1) is 12.0. The van der Waals surface area contributed by atoms with Crippen molar-refractivity contribution < 1.29 is 9.59 Å². The number of pyridine rings is 1. The Kier molecular flexibility index (Phi) is 4.84. The van der Waals surface area contributed by atoms with Crippen molar-refractivity contribution in [3.05, 3.63) is 29.7 Å². The molecule has 1 atom stereocenters. The maximum Gasteiger partial charge on any atom is 0.269 e. The van der Waals surface area contributed by atoms with Gasteiger partial charge < -0.3 is 22.1 Å². The number of primary amides is 2. The minimum atomic E-state index is -0.636. The van der Waals surface area contributed by atoms with Gasteiger partial charge in [0.2, 0.25) is 5.91 Å².